The van der Waals surface area contributed by atoms with Gasteiger partial charge in [0.05, 0.1) is 22.4 Å². The van der Waals surface area contributed by atoms with Gasteiger partial charge < -0.3 is 20.1 Å². The lowest BCUT2D eigenvalue weighted by atomic mass is 9.93. The first-order valence-electron chi connectivity index (χ1n) is 12.8. The van der Waals surface area contributed by atoms with E-state index in [0.717, 1.165) is 28.2 Å². The maximum absolute atomic E-state index is 13.0. The molecule has 10 nitrogen and oxygen atoms in total. The Labute approximate surface area is 227 Å². The van der Waals surface area contributed by atoms with Crippen molar-refractivity contribution in [3.63, 3.8) is 0 Å². The summed E-state index contributed by atoms with van der Waals surface area (Å²) in [5.41, 5.74) is 0.810. The van der Waals surface area contributed by atoms with E-state index >= 15 is 0 Å². The molecule has 3 aromatic rings. The van der Waals surface area contributed by atoms with Crippen LogP contribution in [0.2, 0.25) is 0 Å². The fraction of sp³-hybridized carbons (Fsp3) is 0.500. The molecule has 1 unspecified atom stereocenters. The summed E-state index contributed by atoms with van der Waals surface area (Å²) in [5, 5.41) is 14.2. The van der Waals surface area contributed by atoms with E-state index in [-0.39, 0.29) is 17.0 Å². The first-order chi connectivity index (χ1) is 18.1. The number of hydrogen-bond acceptors (Lipinski definition) is 9. The predicted molar refractivity (Wildman–Crippen MR) is 148 cm³/mol. The van der Waals surface area contributed by atoms with Gasteiger partial charge in [-0.2, -0.15) is 0 Å². The van der Waals surface area contributed by atoms with E-state index in [9.17, 15) is 18.3 Å². The molecule has 1 aromatic carbocycles. The summed E-state index contributed by atoms with van der Waals surface area (Å²) < 4.78 is 34.3. The van der Waals surface area contributed by atoms with E-state index in [2.05, 4.69) is 28.9 Å². The number of fused-ring (bicyclic) bond motifs is 1. The quantitative estimate of drug-likeness (QED) is 0.321. The average Bonchev–Trinajstić information content (AvgIpc) is 3.45. The number of unbranched alkanes of at least 4 members (excludes halogenated alkanes) is 1. The fourth-order valence-electron chi connectivity index (χ4n) is 4.50. The third kappa shape index (κ3) is 6.99. The minimum absolute atomic E-state index is 0.0896. The number of carbonyl (C=O) groups excluding carboxylic acids is 1. The molecule has 1 saturated heterocycles. The third-order valence-electron chi connectivity index (χ3n) is 6.48. The maximum Gasteiger partial charge on any atom is 0.409 e. The van der Waals surface area contributed by atoms with E-state index in [1.165, 1.54) is 12.3 Å². The van der Waals surface area contributed by atoms with Gasteiger partial charge in [0.15, 0.2) is 16.4 Å². The van der Waals surface area contributed by atoms with Crippen LogP contribution in [0.4, 0.5) is 9.93 Å². The van der Waals surface area contributed by atoms with Gasteiger partial charge in [0, 0.05) is 25.7 Å². The minimum atomic E-state index is -3.90. The highest BCUT2D eigenvalue weighted by Gasteiger charge is 2.41. The molecule has 12 heteroatoms. The van der Waals surface area contributed by atoms with Crippen LogP contribution in [0.5, 0.6) is 0 Å². The van der Waals surface area contributed by atoms with Gasteiger partial charge in [0.2, 0.25) is 0 Å². The molecule has 1 aliphatic heterocycles. The second-order valence-electron chi connectivity index (χ2n) is 10.3. The Morgan fingerprint density at radius 3 is 2.74 bits per heavy atom. The van der Waals surface area contributed by atoms with Crippen molar-refractivity contribution >= 4 is 42.8 Å². The van der Waals surface area contributed by atoms with E-state index in [4.69, 9.17) is 9.72 Å². The predicted octanol–water partition coefficient (Wildman–Crippen LogP) is 3.88. The Kier molecular flexibility index (Phi) is 8.86. The number of ether oxygens (including phenoxy) is 1. The fourth-order valence-corrected chi connectivity index (χ4v) is 6.50. The summed E-state index contributed by atoms with van der Waals surface area (Å²) in [7, 11) is -3.90. The number of aliphatic hydroxyl groups is 1. The van der Waals surface area contributed by atoms with Crippen LogP contribution in [0.15, 0.2) is 53.7 Å². The number of anilines is 1. The summed E-state index contributed by atoms with van der Waals surface area (Å²) in [5.74, 6) is 0. The Morgan fingerprint density at radius 2 is 2.03 bits per heavy atom. The largest absolute Gasteiger partial charge is 0.425 e. The number of thiazole rings is 1. The van der Waals surface area contributed by atoms with Gasteiger partial charge in [-0.05, 0) is 36.1 Å². The highest BCUT2D eigenvalue weighted by atomic mass is 32.2. The van der Waals surface area contributed by atoms with Crippen LogP contribution in [-0.2, 0) is 14.8 Å². The van der Waals surface area contributed by atoms with Crippen molar-refractivity contribution in [1.29, 1.82) is 0 Å². The molecule has 2 aromatic heterocycles. The van der Waals surface area contributed by atoms with E-state index < -0.39 is 34.5 Å². The number of aliphatic hydroxyl groups excluding tert-OH is 1. The van der Waals surface area contributed by atoms with Crippen molar-refractivity contribution in [2.24, 2.45) is 5.41 Å². The van der Waals surface area contributed by atoms with Crippen LogP contribution in [0.1, 0.15) is 46.5 Å². The van der Waals surface area contributed by atoms with Crippen LogP contribution in [0, 0.1) is 5.41 Å². The zero-order valence-electron chi connectivity index (χ0n) is 21.8. The number of benzene rings is 1. The smallest absolute Gasteiger partial charge is 0.409 e. The van der Waals surface area contributed by atoms with Crippen LogP contribution < -0.4 is 14.9 Å². The van der Waals surface area contributed by atoms with Crippen molar-refractivity contribution in [2.75, 3.05) is 18.0 Å². The molecular weight excluding hydrogens is 526 g/mol. The van der Waals surface area contributed by atoms with Crippen molar-refractivity contribution in [1.82, 2.24) is 20.0 Å². The Morgan fingerprint density at radius 1 is 1.26 bits per heavy atom. The van der Waals surface area contributed by atoms with Gasteiger partial charge >= 0.3 is 6.09 Å². The lowest BCUT2D eigenvalue weighted by Crippen LogP contribution is -2.49. The Hall–Kier alpha value is -2.80. The molecular formula is C26H35N5O5S2. The standard InChI is InChI=1S/C26H35N5O5S2/c1-4-5-10-18(20(32)16-28-38(34,35)22-13-8-9-14-27-22)30-25(33)36-23-15-26(2,3)17-31(23)24-29-19-11-6-7-12-21(19)37-24/h6-9,11-14,18,20,23,28,32H,4-5,10,15-17H2,1-3H3,(H,30,33)/t18-,20+,23?/m0/s1. The Balaban J connectivity index is 1.41. The molecule has 38 heavy (non-hydrogen) atoms. The number of pyridine rings is 1. The normalized spacial score (nSPS) is 18.8. The average molecular weight is 562 g/mol. The second kappa shape index (κ2) is 11.9. The molecule has 1 fully saturated rings. The minimum Gasteiger partial charge on any atom is -0.425 e. The van der Waals surface area contributed by atoms with Crippen LogP contribution in [0.25, 0.3) is 10.2 Å². The summed E-state index contributed by atoms with van der Waals surface area (Å²) >= 11 is 1.56. The number of nitrogens with one attached hydrogen (secondary N) is 2. The van der Waals surface area contributed by atoms with Gasteiger partial charge in [-0.15, -0.1) is 0 Å². The first-order valence-corrected chi connectivity index (χ1v) is 15.1. The zero-order valence-corrected chi connectivity index (χ0v) is 23.5. The van der Waals surface area contributed by atoms with Crippen LogP contribution in [0.3, 0.4) is 0 Å². The van der Waals surface area contributed by atoms with Gasteiger partial charge in [0.1, 0.15) is 0 Å². The monoisotopic (exact) mass is 561 g/mol. The van der Waals surface area contributed by atoms with Crippen molar-refractivity contribution in [3.8, 4) is 0 Å². The number of carbonyl (C=O) groups is 1. The van der Waals surface area contributed by atoms with Crippen molar-refractivity contribution < 1.29 is 23.1 Å². The van der Waals surface area contributed by atoms with Crippen molar-refractivity contribution in [3.05, 3.63) is 48.7 Å². The summed E-state index contributed by atoms with van der Waals surface area (Å²) in [4.78, 5) is 23.6. The van der Waals surface area contributed by atoms with Crippen LogP contribution >= 0.6 is 11.3 Å². The van der Waals surface area contributed by atoms with Gasteiger partial charge in [0.25, 0.3) is 10.0 Å². The highest BCUT2D eigenvalue weighted by Crippen LogP contribution is 2.40. The molecule has 4 rings (SSSR count). The van der Waals surface area contributed by atoms with Crippen molar-refractivity contribution in [2.45, 2.75) is 69.9 Å². The molecule has 1 aliphatic rings. The third-order valence-corrected chi connectivity index (χ3v) is 8.89. The number of aromatic nitrogens is 2. The molecule has 0 bridgehead atoms. The molecule has 206 valence electrons. The number of alkyl carbamates (subject to hydrolysis) is 1. The zero-order chi connectivity index (χ0) is 27.3. The molecule has 0 aliphatic carbocycles. The lowest BCUT2D eigenvalue weighted by molar-refractivity contribution is 0.0760. The molecule has 3 heterocycles. The number of hydrogen-bond donors (Lipinski definition) is 3. The first kappa shape index (κ1) is 28.2. The molecule has 3 atom stereocenters. The number of rotatable bonds is 11. The second-order valence-corrected chi connectivity index (χ2v) is 13.0. The Bertz CT molecular complexity index is 1300. The summed E-state index contributed by atoms with van der Waals surface area (Å²) in [6.45, 7) is 6.65. The van der Waals surface area contributed by atoms with Crippen LogP contribution in [-0.4, -0.2) is 61.0 Å². The summed E-state index contributed by atoms with van der Waals surface area (Å²) in [6.07, 6.45) is 1.73. The van der Waals surface area contributed by atoms with Gasteiger partial charge in [-0.1, -0.05) is 63.1 Å². The SMILES string of the molecule is CCCC[C@H](NC(=O)OC1CC(C)(C)CN1c1nc2ccccc2s1)[C@H](O)CNS(=O)(=O)c1ccccn1. The topological polar surface area (TPSA) is 134 Å². The molecule has 0 spiro atoms. The van der Waals surface area contributed by atoms with Gasteiger partial charge in [-0.25, -0.2) is 27.9 Å². The van der Waals surface area contributed by atoms with E-state index in [0.29, 0.717) is 19.4 Å². The number of nitrogens with zero attached hydrogens (tertiary/aromatic N) is 3. The number of sulfonamides is 1. The summed E-state index contributed by atoms with van der Waals surface area (Å²) in [6, 6.07) is 11.8. The van der Waals surface area contributed by atoms with Gasteiger partial charge in [-0.3, -0.25) is 0 Å². The lowest BCUT2D eigenvalue weighted by Gasteiger charge is -2.27. The molecule has 0 saturated carbocycles. The number of amides is 1. The molecule has 1 amide bonds. The van der Waals surface area contributed by atoms with E-state index in [1.54, 1.807) is 23.5 Å². The van der Waals surface area contributed by atoms with E-state index in [1.807, 2.05) is 36.1 Å². The molecule has 0 radical (unpaired) electrons. The molecule has 3 N–H and O–H groups in total. The highest BCUT2D eigenvalue weighted by molar-refractivity contribution is 7.89. The maximum atomic E-state index is 13.0. The number of para-hydroxylation sites is 1.